The van der Waals surface area contributed by atoms with Gasteiger partial charge in [-0.3, -0.25) is 14.4 Å². The number of esters is 3. The summed E-state index contributed by atoms with van der Waals surface area (Å²) >= 11 is 0. The van der Waals surface area contributed by atoms with Gasteiger partial charge in [-0.25, -0.2) is 0 Å². The Morgan fingerprint density at radius 1 is 0.280 bits per heavy atom. The second-order valence-electron chi connectivity index (χ2n) is 19.5. The van der Waals surface area contributed by atoms with Crippen LogP contribution in [0.4, 0.5) is 0 Å². The molecule has 0 bridgehead atoms. The number of hydrogen-bond acceptors (Lipinski definition) is 6. The minimum atomic E-state index is -0.815. The fourth-order valence-corrected chi connectivity index (χ4v) is 7.87. The van der Waals surface area contributed by atoms with Crippen LogP contribution in [0.15, 0.2) is 146 Å². The molecule has 6 heteroatoms. The Labute approximate surface area is 461 Å². The van der Waals surface area contributed by atoms with Crippen molar-refractivity contribution in [3.05, 3.63) is 146 Å². The Morgan fingerprint density at radius 3 is 0.853 bits per heavy atom. The third kappa shape index (κ3) is 60.0. The number of carbonyl (C=O) groups excluding carboxylic acids is 3. The number of rotatable bonds is 53. The van der Waals surface area contributed by atoms with Gasteiger partial charge in [0.25, 0.3) is 0 Å². The molecule has 75 heavy (non-hydrogen) atoms. The molecule has 0 rings (SSSR count). The van der Waals surface area contributed by atoms with Crippen molar-refractivity contribution in [2.24, 2.45) is 0 Å². The zero-order valence-corrected chi connectivity index (χ0v) is 48.3. The van der Waals surface area contributed by atoms with E-state index in [1.807, 2.05) is 0 Å². The van der Waals surface area contributed by atoms with Crippen LogP contribution in [0.25, 0.3) is 0 Å². The lowest BCUT2D eigenvalue weighted by Gasteiger charge is -2.18. The maximum atomic E-state index is 12.8. The summed E-state index contributed by atoms with van der Waals surface area (Å²) in [7, 11) is 0. The maximum Gasteiger partial charge on any atom is 0.306 e. The predicted octanol–water partition coefficient (Wildman–Crippen LogP) is 20.8. The Kier molecular flexibility index (Phi) is 58.0. The zero-order valence-electron chi connectivity index (χ0n) is 48.3. The number of allylic oxidation sites excluding steroid dienone is 24. The largest absolute Gasteiger partial charge is 0.462 e. The van der Waals surface area contributed by atoms with E-state index in [-0.39, 0.29) is 37.5 Å². The van der Waals surface area contributed by atoms with Crippen molar-refractivity contribution in [3.63, 3.8) is 0 Å². The molecule has 0 aliphatic heterocycles. The van der Waals surface area contributed by atoms with Crippen molar-refractivity contribution in [3.8, 4) is 0 Å². The van der Waals surface area contributed by atoms with Gasteiger partial charge in [-0.1, -0.05) is 263 Å². The third-order valence-electron chi connectivity index (χ3n) is 12.3. The fourth-order valence-electron chi connectivity index (χ4n) is 7.87. The molecule has 0 aliphatic rings. The number of carbonyl (C=O) groups is 3. The minimum Gasteiger partial charge on any atom is -0.462 e. The molecule has 0 aromatic rings. The fraction of sp³-hybridized carbons (Fsp3) is 0.609. The highest BCUT2D eigenvalue weighted by atomic mass is 16.6. The lowest BCUT2D eigenvalue weighted by molar-refractivity contribution is -0.167. The van der Waals surface area contributed by atoms with Gasteiger partial charge < -0.3 is 14.2 Å². The standard InChI is InChI=1S/C69H110O6/c1-4-7-10-13-16-19-21-23-25-27-29-31-33-34-36-37-39-41-43-45-47-50-53-56-59-62-68(71)74-65-66(64-73-67(70)61-58-55-52-49-18-15-12-9-6-3)75-69(72)63-60-57-54-51-48-46-44-42-40-38-35-32-30-28-26-24-22-20-17-14-11-8-5-2/h7-8,10-11,16-17,19-20,23-26,29-32,34,36,38,40,44,46,51,54,66H,4-6,9,12-15,18,21-22,27-28,33,35,37,39,41-43,45,47-50,52-53,55-65H2,1-3H3/b10-7-,11-8-,19-16-,20-17-,25-23-,26-24-,31-29-,32-30-,36-34-,40-38-,46-44-,54-51-. The van der Waals surface area contributed by atoms with Gasteiger partial charge in [0.1, 0.15) is 13.2 Å². The number of hydrogen-bond donors (Lipinski definition) is 0. The van der Waals surface area contributed by atoms with Gasteiger partial charge in [0, 0.05) is 19.3 Å². The Bertz CT molecular complexity index is 1660. The van der Waals surface area contributed by atoms with Gasteiger partial charge in [0.2, 0.25) is 0 Å². The molecule has 0 saturated carbocycles. The monoisotopic (exact) mass is 1030 g/mol. The average molecular weight is 1040 g/mol. The van der Waals surface area contributed by atoms with E-state index in [4.69, 9.17) is 14.2 Å². The molecule has 1 unspecified atom stereocenters. The first-order chi connectivity index (χ1) is 37.0. The summed E-state index contributed by atoms with van der Waals surface area (Å²) in [5.74, 6) is -0.980. The van der Waals surface area contributed by atoms with Crippen molar-refractivity contribution in [2.45, 2.75) is 258 Å². The molecule has 0 N–H and O–H groups in total. The molecule has 0 aromatic heterocycles. The number of ether oxygens (including phenoxy) is 3. The first kappa shape index (κ1) is 70.3. The Balaban J connectivity index is 4.38. The molecule has 0 heterocycles. The van der Waals surface area contributed by atoms with Crippen LogP contribution in [0.3, 0.4) is 0 Å². The van der Waals surface area contributed by atoms with E-state index in [0.29, 0.717) is 19.3 Å². The Hall–Kier alpha value is -4.71. The molecular formula is C69H110O6. The maximum absolute atomic E-state index is 12.8. The molecule has 422 valence electrons. The van der Waals surface area contributed by atoms with E-state index in [1.165, 1.54) is 77.0 Å². The first-order valence-corrected chi connectivity index (χ1v) is 30.3. The van der Waals surface area contributed by atoms with Crippen molar-refractivity contribution < 1.29 is 28.6 Å². The summed E-state index contributed by atoms with van der Waals surface area (Å²) in [4.78, 5) is 38.1. The highest BCUT2D eigenvalue weighted by Gasteiger charge is 2.19. The smallest absolute Gasteiger partial charge is 0.306 e. The average Bonchev–Trinajstić information content (AvgIpc) is 3.41. The van der Waals surface area contributed by atoms with Crippen molar-refractivity contribution in [2.75, 3.05) is 13.2 Å². The van der Waals surface area contributed by atoms with Crippen molar-refractivity contribution in [1.29, 1.82) is 0 Å². The Morgan fingerprint density at radius 2 is 0.533 bits per heavy atom. The molecule has 0 fully saturated rings. The van der Waals surface area contributed by atoms with Crippen LogP contribution < -0.4 is 0 Å². The third-order valence-corrected chi connectivity index (χ3v) is 12.3. The normalized spacial score (nSPS) is 13.2. The summed E-state index contributed by atoms with van der Waals surface area (Å²) in [6.45, 7) is 6.33. The van der Waals surface area contributed by atoms with Gasteiger partial charge in [-0.15, -0.1) is 0 Å². The second kappa shape index (κ2) is 61.8. The van der Waals surface area contributed by atoms with Gasteiger partial charge in [-0.05, 0) is 116 Å². The lowest BCUT2D eigenvalue weighted by Crippen LogP contribution is -2.30. The summed E-state index contributed by atoms with van der Waals surface area (Å²) in [6, 6.07) is 0. The van der Waals surface area contributed by atoms with Crippen LogP contribution >= 0.6 is 0 Å². The molecule has 6 nitrogen and oxygen atoms in total. The van der Waals surface area contributed by atoms with Gasteiger partial charge in [0.15, 0.2) is 6.10 Å². The van der Waals surface area contributed by atoms with Crippen LogP contribution in [0.1, 0.15) is 252 Å². The summed E-state index contributed by atoms with van der Waals surface area (Å²) < 4.78 is 16.8. The summed E-state index contributed by atoms with van der Waals surface area (Å²) in [6.07, 6.45) is 88.6. The zero-order chi connectivity index (χ0) is 54.3. The molecule has 0 aliphatic carbocycles. The van der Waals surface area contributed by atoms with Gasteiger partial charge >= 0.3 is 17.9 Å². The molecule has 0 spiro atoms. The summed E-state index contributed by atoms with van der Waals surface area (Å²) in [5.41, 5.74) is 0. The second-order valence-corrected chi connectivity index (χ2v) is 19.5. The van der Waals surface area contributed by atoms with Crippen LogP contribution in [0.5, 0.6) is 0 Å². The lowest BCUT2D eigenvalue weighted by atomic mass is 10.1. The predicted molar refractivity (Wildman–Crippen MR) is 325 cm³/mol. The van der Waals surface area contributed by atoms with Crippen molar-refractivity contribution >= 4 is 17.9 Å². The van der Waals surface area contributed by atoms with Crippen LogP contribution in [-0.4, -0.2) is 37.2 Å². The van der Waals surface area contributed by atoms with Crippen LogP contribution in [0, 0.1) is 0 Å². The molecule has 1 atom stereocenters. The van der Waals surface area contributed by atoms with E-state index in [1.54, 1.807) is 0 Å². The van der Waals surface area contributed by atoms with Gasteiger partial charge in [0.05, 0.1) is 0 Å². The minimum absolute atomic E-state index is 0.107. The van der Waals surface area contributed by atoms with Gasteiger partial charge in [-0.2, -0.15) is 0 Å². The first-order valence-electron chi connectivity index (χ1n) is 30.3. The van der Waals surface area contributed by atoms with E-state index in [0.717, 1.165) is 128 Å². The van der Waals surface area contributed by atoms with E-state index in [9.17, 15) is 14.4 Å². The van der Waals surface area contributed by atoms with E-state index in [2.05, 4.69) is 167 Å². The van der Waals surface area contributed by atoms with Crippen molar-refractivity contribution in [1.82, 2.24) is 0 Å². The quantitative estimate of drug-likeness (QED) is 0.0261. The molecule has 0 aromatic carbocycles. The number of unbranched alkanes of at least 4 members (excludes halogenated alkanes) is 18. The molecule has 0 radical (unpaired) electrons. The molecule has 0 amide bonds. The van der Waals surface area contributed by atoms with E-state index < -0.39 is 6.10 Å². The molecular weight excluding hydrogens is 925 g/mol. The highest BCUT2D eigenvalue weighted by Crippen LogP contribution is 2.14. The SMILES string of the molecule is CC/C=C\C/C=C\C/C=C\C/C=C\C/C=C\C/C=C\C/C=C\CCCC(=O)OC(COC(=O)CCCCCCCCCCC)COC(=O)CCCCCCCCCCC/C=C\C/C=C\C/C=C\C/C=C\C/C=C\CC. The summed E-state index contributed by atoms with van der Waals surface area (Å²) in [5, 5.41) is 0. The highest BCUT2D eigenvalue weighted by molar-refractivity contribution is 5.71. The molecule has 0 saturated heterocycles. The van der Waals surface area contributed by atoms with E-state index >= 15 is 0 Å². The topological polar surface area (TPSA) is 78.9 Å². The van der Waals surface area contributed by atoms with Crippen LogP contribution in [-0.2, 0) is 28.6 Å². The van der Waals surface area contributed by atoms with Crippen LogP contribution in [0.2, 0.25) is 0 Å².